The van der Waals surface area contributed by atoms with Crippen LogP contribution in [-0.2, 0) is 0 Å². The molecule has 0 atom stereocenters. The van der Waals surface area contributed by atoms with Gasteiger partial charge < -0.3 is 0 Å². The first-order valence-electron chi connectivity index (χ1n) is 6.70. The van der Waals surface area contributed by atoms with Crippen molar-refractivity contribution in [2.24, 2.45) is 0 Å². The van der Waals surface area contributed by atoms with Crippen LogP contribution in [0.3, 0.4) is 0 Å². The van der Waals surface area contributed by atoms with Gasteiger partial charge in [-0.1, -0.05) is 30.3 Å². The number of para-hydroxylation sites is 1. The molecule has 0 spiro atoms. The Bertz CT molecular complexity index is 820. The van der Waals surface area contributed by atoms with Crippen molar-refractivity contribution >= 4 is 0 Å². The van der Waals surface area contributed by atoms with Gasteiger partial charge in [0.25, 0.3) is 5.56 Å². The van der Waals surface area contributed by atoms with Gasteiger partial charge in [-0.15, -0.1) is 0 Å². The number of pyridine rings is 1. The topological polar surface area (TPSA) is 22.0 Å². The average molecular weight is 279 g/mol. The predicted molar refractivity (Wildman–Crippen MR) is 82.2 cm³/mol. The third-order valence-electron chi connectivity index (χ3n) is 3.45. The SMILES string of the molecule is Cc1cc(=O)n(-c2ccccc2)cc1-c1ccc(F)cc1. The van der Waals surface area contributed by atoms with E-state index in [0.29, 0.717) is 0 Å². The minimum absolute atomic E-state index is 0.0791. The number of hydrogen-bond acceptors (Lipinski definition) is 1. The lowest BCUT2D eigenvalue weighted by atomic mass is 10.0. The number of nitrogens with zero attached hydrogens (tertiary/aromatic N) is 1. The van der Waals surface area contributed by atoms with Crippen molar-refractivity contribution in [3.05, 3.63) is 88.6 Å². The second-order valence-electron chi connectivity index (χ2n) is 4.92. The third kappa shape index (κ3) is 2.63. The molecule has 0 radical (unpaired) electrons. The molecule has 0 saturated heterocycles. The summed E-state index contributed by atoms with van der Waals surface area (Å²) in [6.07, 6.45) is 1.81. The highest BCUT2D eigenvalue weighted by Gasteiger charge is 2.07. The third-order valence-corrected chi connectivity index (χ3v) is 3.45. The first-order chi connectivity index (χ1) is 10.1. The van der Waals surface area contributed by atoms with E-state index in [1.807, 2.05) is 37.3 Å². The zero-order valence-electron chi connectivity index (χ0n) is 11.6. The van der Waals surface area contributed by atoms with Crippen LogP contribution in [-0.4, -0.2) is 4.57 Å². The smallest absolute Gasteiger partial charge is 0.255 e. The predicted octanol–water partition coefficient (Wildman–Crippen LogP) is 3.95. The van der Waals surface area contributed by atoms with Gasteiger partial charge in [-0.3, -0.25) is 9.36 Å². The molecule has 3 heteroatoms. The zero-order valence-corrected chi connectivity index (χ0v) is 11.6. The fraction of sp³-hybridized carbons (Fsp3) is 0.0556. The largest absolute Gasteiger partial charge is 0.284 e. The van der Waals surface area contributed by atoms with E-state index in [0.717, 1.165) is 22.4 Å². The average Bonchev–Trinajstić information content (AvgIpc) is 2.49. The first kappa shape index (κ1) is 13.3. The van der Waals surface area contributed by atoms with E-state index in [1.54, 1.807) is 29.0 Å². The summed E-state index contributed by atoms with van der Waals surface area (Å²) >= 11 is 0. The molecule has 0 saturated carbocycles. The van der Waals surface area contributed by atoms with Gasteiger partial charge in [-0.25, -0.2) is 4.39 Å². The molecule has 0 bridgehead atoms. The molecule has 3 rings (SSSR count). The minimum atomic E-state index is -0.271. The van der Waals surface area contributed by atoms with Crippen LogP contribution in [0.4, 0.5) is 4.39 Å². The number of rotatable bonds is 2. The van der Waals surface area contributed by atoms with Crippen molar-refractivity contribution in [2.45, 2.75) is 6.92 Å². The summed E-state index contributed by atoms with van der Waals surface area (Å²) in [6, 6.07) is 17.3. The molecule has 2 aromatic carbocycles. The second kappa shape index (κ2) is 5.37. The lowest BCUT2D eigenvalue weighted by Gasteiger charge is -2.11. The van der Waals surface area contributed by atoms with Gasteiger partial charge in [-0.2, -0.15) is 0 Å². The van der Waals surface area contributed by atoms with E-state index in [-0.39, 0.29) is 11.4 Å². The van der Waals surface area contributed by atoms with Crippen molar-refractivity contribution in [2.75, 3.05) is 0 Å². The maximum absolute atomic E-state index is 13.1. The first-order valence-corrected chi connectivity index (χ1v) is 6.70. The standard InChI is InChI=1S/C18H14FNO/c1-13-11-18(21)20(16-5-3-2-4-6-16)12-17(13)14-7-9-15(19)10-8-14/h2-12H,1H3. The van der Waals surface area contributed by atoms with Crippen LogP contribution in [0.25, 0.3) is 16.8 Å². The number of halogens is 1. The Kier molecular flexibility index (Phi) is 3.40. The summed E-state index contributed by atoms with van der Waals surface area (Å²) in [5.41, 5.74) is 3.41. The molecule has 21 heavy (non-hydrogen) atoms. The van der Waals surface area contributed by atoms with Crippen LogP contribution < -0.4 is 5.56 Å². The summed E-state index contributed by atoms with van der Waals surface area (Å²) in [6.45, 7) is 1.88. The molecule has 0 amide bonds. The van der Waals surface area contributed by atoms with Crippen LogP contribution in [0.15, 0.2) is 71.7 Å². The Morgan fingerprint density at radius 2 is 1.62 bits per heavy atom. The van der Waals surface area contributed by atoms with Crippen LogP contribution >= 0.6 is 0 Å². The van der Waals surface area contributed by atoms with E-state index < -0.39 is 0 Å². The molecule has 3 aromatic rings. The molecule has 0 aliphatic rings. The van der Waals surface area contributed by atoms with Gasteiger partial charge in [0.1, 0.15) is 5.82 Å². The van der Waals surface area contributed by atoms with Gasteiger partial charge in [0.15, 0.2) is 0 Å². The van der Waals surface area contributed by atoms with Gasteiger partial charge in [0, 0.05) is 23.5 Å². The van der Waals surface area contributed by atoms with Crippen LogP contribution in [0.1, 0.15) is 5.56 Å². The van der Waals surface area contributed by atoms with Gasteiger partial charge in [-0.05, 0) is 42.3 Å². The fourth-order valence-corrected chi connectivity index (χ4v) is 2.35. The Balaban J connectivity index is 2.19. The van der Waals surface area contributed by atoms with Crippen LogP contribution in [0.2, 0.25) is 0 Å². The Morgan fingerprint density at radius 1 is 0.952 bits per heavy atom. The van der Waals surface area contributed by atoms with Crippen molar-refractivity contribution < 1.29 is 4.39 Å². The van der Waals surface area contributed by atoms with E-state index in [2.05, 4.69) is 0 Å². The lowest BCUT2D eigenvalue weighted by molar-refractivity contribution is 0.628. The molecular formula is C18H14FNO. The number of aryl methyl sites for hydroxylation is 1. The molecule has 1 aromatic heterocycles. The maximum Gasteiger partial charge on any atom is 0.255 e. The number of hydrogen-bond donors (Lipinski definition) is 0. The summed E-state index contributed by atoms with van der Waals surface area (Å²) in [4.78, 5) is 12.2. The van der Waals surface area contributed by atoms with E-state index in [1.165, 1.54) is 12.1 Å². The molecule has 0 fully saturated rings. The molecule has 1 heterocycles. The summed E-state index contributed by atoms with van der Waals surface area (Å²) < 4.78 is 14.7. The molecule has 0 aliphatic heterocycles. The lowest BCUT2D eigenvalue weighted by Crippen LogP contribution is -2.17. The van der Waals surface area contributed by atoms with E-state index >= 15 is 0 Å². The molecule has 0 N–H and O–H groups in total. The molecule has 2 nitrogen and oxygen atoms in total. The van der Waals surface area contributed by atoms with Gasteiger partial charge in [0.2, 0.25) is 0 Å². The second-order valence-corrected chi connectivity index (χ2v) is 4.92. The Labute approximate surface area is 122 Å². The van der Waals surface area contributed by atoms with Crippen molar-refractivity contribution in [3.63, 3.8) is 0 Å². The summed E-state index contributed by atoms with van der Waals surface area (Å²) in [5, 5.41) is 0. The van der Waals surface area contributed by atoms with Crippen LogP contribution in [0, 0.1) is 12.7 Å². The van der Waals surface area contributed by atoms with E-state index in [9.17, 15) is 9.18 Å². The maximum atomic E-state index is 13.1. The molecule has 0 unspecified atom stereocenters. The van der Waals surface area contributed by atoms with Crippen LogP contribution in [0.5, 0.6) is 0 Å². The fourth-order valence-electron chi connectivity index (χ4n) is 2.35. The van der Waals surface area contributed by atoms with Crippen molar-refractivity contribution in [3.8, 4) is 16.8 Å². The molecule has 0 aliphatic carbocycles. The normalized spacial score (nSPS) is 10.6. The van der Waals surface area contributed by atoms with Gasteiger partial charge in [0.05, 0.1) is 0 Å². The molecule has 104 valence electrons. The van der Waals surface area contributed by atoms with Crippen molar-refractivity contribution in [1.82, 2.24) is 4.57 Å². The van der Waals surface area contributed by atoms with Gasteiger partial charge >= 0.3 is 0 Å². The summed E-state index contributed by atoms with van der Waals surface area (Å²) in [5.74, 6) is -0.271. The molecular weight excluding hydrogens is 265 g/mol. The highest BCUT2D eigenvalue weighted by Crippen LogP contribution is 2.23. The highest BCUT2D eigenvalue weighted by atomic mass is 19.1. The van der Waals surface area contributed by atoms with E-state index in [4.69, 9.17) is 0 Å². The summed E-state index contributed by atoms with van der Waals surface area (Å²) in [7, 11) is 0. The Morgan fingerprint density at radius 3 is 2.29 bits per heavy atom. The van der Waals surface area contributed by atoms with Crippen molar-refractivity contribution in [1.29, 1.82) is 0 Å². The minimum Gasteiger partial charge on any atom is -0.284 e. The quantitative estimate of drug-likeness (QED) is 0.696. The highest BCUT2D eigenvalue weighted by molar-refractivity contribution is 5.66. The number of benzene rings is 2. The monoisotopic (exact) mass is 279 g/mol. The zero-order chi connectivity index (χ0) is 14.8. The number of aromatic nitrogens is 1. The Hall–Kier alpha value is -2.68.